The predicted octanol–water partition coefficient (Wildman–Crippen LogP) is 4.52. The second-order valence-electron chi connectivity index (χ2n) is 4.38. The van der Waals surface area contributed by atoms with E-state index in [1.165, 1.54) is 11.1 Å². The molecule has 0 unspecified atom stereocenters. The zero-order chi connectivity index (χ0) is 13.7. The minimum absolute atomic E-state index is 0.839. The van der Waals surface area contributed by atoms with E-state index >= 15 is 0 Å². The zero-order valence-corrected chi connectivity index (χ0v) is 12.8. The standard InChI is InChI=1S/C16H18BrNO/c1-3-12-4-7-14(8-5-12)19-15-9-6-13(11-18-2)16(17)10-15/h4-10,18H,3,11H2,1-2H3. The highest BCUT2D eigenvalue weighted by Crippen LogP contribution is 2.27. The number of benzene rings is 2. The number of nitrogens with one attached hydrogen (secondary N) is 1. The van der Waals surface area contributed by atoms with Crippen LogP contribution >= 0.6 is 15.9 Å². The first-order valence-electron chi connectivity index (χ1n) is 6.42. The van der Waals surface area contributed by atoms with Crippen LogP contribution < -0.4 is 10.1 Å². The quantitative estimate of drug-likeness (QED) is 0.874. The Balaban J connectivity index is 2.11. The SMILES string of the molecule is CCc1ccc(Oc2ccc(CNC)c(Br)c2)cc1. The van der Waals surface area contributed by atoms with Crippen LogP contribution in [0.5, 0.6) is 11.5 Å². The van der Waals surface area contributed by atoms with Crippen molar-refractivity contribution in [1.29, 1.82) is 0 Å². The van der Waals surface area contributed by atoms with E-state index in [4.69, 9.17) is 4.74 Å². The van der Waals surface area contributed by atoms with E-state index in [9.17, 15) is 0 Å². The van der Waals surface area contributed by atoms with Gasteiger partial charge in [-0.05, 0) is 48.9 Å². The van der Waals surface area contributed by atoms with Crippen molar-refractivity contribution in [2.75, 3.05) is 7.05 Å². The highest BCUT2D eigenvalue weighted by molar-refractivity contribution is 9.10. The fourth-order valence-corrected chi connectivity index (χ4v) is 2.35. The maximum atomic E-state index is 5.84. The first-order valence-corrected chi connectivity index (χ1v) is 7.22. The number of aryl methyl sites for hydroxylation is 1. The van der Waals surface area contributed by atoms with Crippen molar-refractivity contribution in [2.24, 2.45) is 0 Å². The monoisotopic (exact) mass is 319 g/mol. The Bertz CT molecular complexity index is 537. The number of hydrogen-bond acceptors (Lipinski definition) is 2. The molecule has 0 atom stereocenters. The third kappa shape index (κ3) is 3.82. The highest BCUT2D eigenvalue weighted by Gasteiger charge is 2.03. The summed E-state index contributed by atoms with van der Waals surface area (Å²) in [5, 5.41) is 3.14. The lowest BCUT2D eigenvalue weighted by Gasteiger charge is -2.09. The van der Waals surface area contributed by atoms with E-state index < -0.39 is 0 Å². The molecule has 0 fully saturated rings. The molecule has 0 radical (unpaired) electrons. The van der Waals surface area contributed by atoms with Gasteiger partial charge in [-0.15, -0.1) is 0 Å². The van der Waals surface area contributed by atoms with Crippen LogP contribution in [0.1, 0.15) is 18.1 Å². The fraction of sp³-hybridized carbons (Fsp3) is 0.250. The summed E-state index contributed by atoms with van der Waals surface area (Å²) in [6.07, 6.45) is 1.05. The van der Waals surface area contributed by atoms with E-state index in [0.717, 1.165) is 28.9 Å². The van der Waals surface area contributed by atoms with Gasteiger partial charge in [0.15, 0.2) is 0 Å². The van der Waals surface area contributed by atoms with Gasteiger partial charge in [-0.2, -0.15) is 0 Å². The molecule has 0 saturated carbocycles. The normalized spacial score (nSPS) is 10.5. The van der Waals surface area contributed by atoms with Crippen LogP contribution in [-0.2, 0) is 13.0 Å². The summed E-state index contributed by atoms with van der Waals surface area (Å²) in [4.78, 5) is 0. The molecule has 0 aliphatic heterocycles. The third-order valence-corrected chi connectivity index (χ3v) is 3.70. The second kappa shape index (κ2) is 6.73. The van der Waals surface area contributed by atoms with Crippen LogP contribution in [-0.4, -0.2) is 7.05 Å². The van der Waals surface area contributed by atoms with Gasteiger partial charge in [0.05, 0.1) is 0 Å². The average Bonchev–Trinajstić information content (AvgIpc) is 2.43. The molecule has 1 N–H and O–H groups in total. The van der Waals surface area contributed by atoms with E-state index in [2.05, 4.69) is 46.4 Å². The summed E-state index contributed by atoms with van der Waals surface area (Å²) < 4.78 is 6.90. The van der Waals surface area contributed by atoms with Crippen molar-refractivity contribution in [1.82, 2.24) is 5.32 Å². The topological polar surface area (TPSA) is 21.3 Å². The van der Waals surface area contributed by atoms with E-state index in [1.807, 2.05) is 31.3 Å². The molecule has 19 heavy (non-hydrogen) atoms. The Morgan fingerprint density at radius 2 is 1.74 bits per heavy atom. The van der Waals surface area contributed by atoms with Crippen LogP contribution in [0.25, 0.3) is 0 Å². The summed E-state index contributed by atoms with van der Waals surface area (Å²) >= 11 is 3.56. The molecule has 2 nitrogen and oxygen atoms in total. The van der Waals surface area contributed by atoms with Crippen molar-refractivity contribution in [3.8, 4) is 11.5 Å². The summed E-state index contributed by atoms with van der Waals surface area (Å²) in [5.41, 5.74) is 2.54. The molecular weight excluding hydrogens is 302 g/mol. The van der Waals surface area contributed by atoms with Crippen molar-refractivity contribution in [2.45, 2.75) is 19.9 Å². The molecule has 0 spiro atoms. The third-order valence-electron chi connectivity index (χ3n) is 2.96. The number of ether oxygens (including phenoxy) is 1. The lowest BCUT2D eigenvalue weighted by Crippen LogP contribution is -2.05. The molecule has 2 rings (SSSR count). The molecule has 0 saturated heterocycles. The number of rotatable bonds is 5. The molecule has 0 bridgehead atoms. The smallest absolute Gasteiger partial charge is 0.128 e. The van der Waals surface area contributed by atoms with E-state index in [-0.39, 0.29) is 0 Å². The van der Waals surface area contributed by atoms with Gasteiger partial charge in [-0.3, -0.25) is 0 Å². The largest absolute Gasteiger partial charge is 0.457 e. The minimum Gasteiger partial charge on any atom is -0.457 e. The summed E-state index contributed by atoms with van der Waals surface area (Å²) in [6, 6.07) is 14.3. The van der Waals surface area contributed by atoms with Gasteiger partial charge in [0.25, 0.3) is 0 Å². The van der Waals surface area contributed by atoms with Crippen molar-refractivity contribution < 1.29 is 4.74 Å². The van der Waals surface area contributed by atoms with Crippen LogP contribution in [0.3, 0.4) is 0 Å². The second-order valence-corrected chi connectivity index (χ2v) is 5.24. The first-order chi connectivity index (χ1) is 9.22. The first kappa shape index (κ1) is 14.1. The molecule has 0 aromatic heterocycles. The minimum atomic E-state index is 0.839. The van der Waals surface area contributed by atoms with Gasteiger partial charge in [0.2, 0.25) is 0 Å². The molecule has 0 aliphatic rings. The Kier molecular flexibility index (Phi) is 5.00. The summed E-state index contributed by atoms with van der Waals surface area (Å²) in [6.45, 7) is 2.99. The maximum absolute atomic E-state index is 5.84. The van der Waals surface area contributed by atoms with Crippen LogP contribution in [0.2, 0.25) is 0 Å². The Morgan fingerprint density at radius 3 is 2.32 bits per heavy atom. The fourth-order valence-electron chi connectivity index (χ4n) is 1.85. The lowest BCUT2D eigenvalue weighted by molar-refractivity contribution is 0.482. The maximum Gasteiger partial charge on any atom is 0.128 e. The van der Waals surface area contributed by atoms with Gasteiger partial charge in [-0.1, -0.05) is 41.1 Å². The number of hydrogen-bond donors (Lipinski definition) is 1. The Hall–Kier alpha value is -1.32. The van der Waals surface area contributed by atoms with Crippen molar-refractivity contribution in [3.63, 3.8) is 0 Å². The van der Waals surface area contributed by atoms with E-state index in [1.54, 1.807) is 0 Å². The molecule has 3 heteroatoms. The van der Waals surface area contributed by atoms with Gasteiger partial charge in [0.1, 0.15) is 11.5 Å². The molecule has 0 heterocycles. The molecule has 2 aromatic carbocycles. The lowest BCUT2D eigenvalue weighted by atomic mass is 10.2. The van der Waals surface area contributed by atoms with E-state index in [0.29, 0.717) is 0 Å². The highest BCUT2D eigenvalue weighted by atomic mass is 79.9. The van der Waals surface area contributed by atoms with Gasteiger partial charge in [-0.25, -0.2) is 0 Å². The van der Waals surface area contributed by atoms with Crippen LogP contribution in [0.15, 0.2) is 46.9 Å². The van der Waals surface area contributed by atoms with Crippen molar-refractivity contribution >= 4 is 15.9 Å². The molecule has 0 aliphatic carbocycles. The zero-order valence-electron chi connectivity index (χ0n) is 11.2. The molecular formula is C16H18BrNO. The number of halogens is 1. The van der Waals surface area contributed by atoms with Crippen molar-refractivity contribution in [3.05, 3.63) is 58.1 Å². The summed E-state index contributed by atoms with van der Waals surface area (Å²) in [7, 11) is 1.94. The summed E-state index contributed by atoms with van der Waals surface area (Å²) in [5.74, 6) is 1.71. The Morgan fingerprint density at radius 1 is 1.05 bits per heavy atom. The Labute approximate surface area is 122 Å². The van der Waals surface area contributed by atoms with Crippen LogP contribution in [0, 0.1) is 0 Å². The van der Waals surface area contributed by atoms with Gasteiger partial charge in [0, 0.05) is 11.0 Å². The average molecular weight is 320 g/mol. The van der Waals surface area contributed by atoms with Gasteiger partial charge >= 0.3 is 0 Å². The molecule has 100 valence electrons. The van der Waals surface area contributed by atoms with Gasteiger partial charge < -0.3 is 10.1 Å². The molecule has 0 amide bonds. The molecule has 2 aromatic rings. The predicted molar refractivity (Wildman–Crippen MR) is 82.8 cm³/mol. The van der Waals surface area contributed by atoms with Crippen LogP contribution in [0.4, 0.5) is 0 Å².